The monoisotopic (exact) mass is 266 g/mol. The standard InChI is InChI=1S/C17H15FN2/c1-12-10-14(8-9-16(12)18)19-11-15-7-6-13-4-2-3-5-17(13)20-15/h2-10,19H,11H2,1H3. The maximum atomic E-state index is 13.2. The Morgan fingerprint density at radius 3 is 2.75 bits per heavy atom. The van der Waals surface area contributed by atoms with Crippen LogP contribution in [0.25, 0.3) is 10.9 Å². The fourth-order valence-electron chi connectivity index (χ4n) is 2.15. The van der Waals surface area contributed by atoms with Gasteiger partial charge in [0.25, 0.3) is 0 Å². The number of fused-ring (bicyclic) bond motifs is 1. The number of anilines is 1. The highest BCUT2D eigenvalue weighted by Gasteiger charge is 2.01. The van der Waals surface area contributed by atoms with Crippen LogP contribution in [-0.4, -0.2) is 4.98 Å². The minimum Gasteiger partial charge on any atom is -0.379 e. The van der Waals surface area contributed by atoms with E-state index in [0.29, 0.717) is 12.1 Å². The van der Waals surface area contributed by atoms with Gasteiger partial charge in [-0.1, -0.05) is 24.3 Å². The molecule has 0 spiro atoms. The van der Waals surface area contributed by atoms with Crippen LogP contribution >= 0.6 is 0 Å². The number of nitrogens with zero attached hydrogens (tertiary/aromatic N) is 1. The van der Waals surface area contributed by atoms with Crippen molar-refractivity contribution >= 4 is 16.6 Å². The van der Waals surface area contributed by atoms with Crippen molar-refractivity contribution in [2.24, 2.45) is 0 Å². The van der Waals surface area contributed by atoms with E-state index in [4.69, 9.17) is 0 Å². The van der Waals surface area contributed by atoms with Gasteiger partial charge in [-0.2, -0.15) is 0 Å². The first-order valence-electron chi connectivity index (χ1n) is 6.57. The number of nitrogens with one attached hydrogen (secondary N) is 1. The molecule has 0 aliphatic rings. The molecule has 0 amide bonds. The second-order valence-electron chi connectivity index (χ2n) is 4.81. The number of rotatable bonds is 3. The van der Waals surface area contributed by atoms with Gasteiger partial charge in [0.05, 0.1) is 17.8 Å². The SMILES string of the molecule is Cc1cc(NCc2ccc3ccccc3n2)ccc1F. The van der Waals surface area contributed by atoms with E-state index in [1.807, 2.05) is 30.3 Å². The summed E-state index contributed by atoms with van der Waals surface area (Å²) in [6, 6.07) is 17.1. The topological polar surface area (TPSA) is 24.9 Å². The molecule has 1 aromatic heterocycles. The van der Waals surface area contributed by atoms with Crippen LogP contribution in [0.4, 0.5) is 10.1 Å². The summed E-state index contributed by atoms with van der Waals surface area (Å²) in [6.07, 6.45) is 0. The van der Waals surface area contributed by atoms with E-state index in [1.165, 1.54) is 6.07 Å². The van der Waals surface area contributed by atoms with E-state index < -0.39 is 0 Å². The van der Waals surface area contributed by atoms with Gasteiger partial charge in [-0.25, -0.2) is 4.39 Å². The van der Waals surface area contributed by atoms with Gasteiger partial charge in [-0.15, -0.1) is 0 Å². The molecule has 0 aliphatic carbocycles. The molecule has 20 heavy (non-hydrogen) atoms. The average Bonchev–Trinajstić information content (AvgIpc) is 2.48. The summed E-state index contributed by atoms with van der Waals surface area (Å²) in [4.78, 5) is 4.59. The fourth-order valence-corrected chi connectivity index (χ4v) is 2.15. The Balaban J connectivity index is 1.77. The summed E-state index contributed by atoms with van der Waals surface area (Å²) in [5, 5.41) is 4.40. The zero-order valence-corrected chi connectivity index (χ0v) is 11.2. The lowest BCUT2D eigenvalue weighted by atomic mass is 10.2. The normalized spacial score (nSPS) is 10.7. The van der Waals surface area contributed by atoms with E-state index >= 15 is 0 Å². The lowest BCUT2D eigenvalue weighted by Crippen LogP contribution is -2.02. The molecule has 3 rings (SSSR count). The maximum absolute atomic E-state index is 13.2. The summed E-state index contributed by atoms with van der Waals surface area (Å²) in [6.45, 7) is 2.38. The third-order valence-electron chi connectivity index (χ3n) is 3.29. The minimum atomic E-state index is -0.181. The zero-order chi connectivity index (χ0) is 13.9. The summed E-state index contributed by atoms with van der Waals surface area (Å²) in [5.41, 5.74) is 3.49. The van der Waals surface area contributed by atoms with Crippen LogP contribution in [0.15, 0.2) is 54.6 Å². The number of aryl methyl sites for hydroxylation is 1. The van der Waals surface area contributed by atoms with Crippen molar-refractivity contribution < 1.29 is 4.39 Å². The third kappa shape index (κ3) is 2.62. The van der Waals surface area contributed by atoms with E-state index in [1.54, 1.807) is 19.1 Å². The average molecular weight is 266 g/mol. The van der Waals surface area contributed by atoms with Crippen molar-refractivity contribution in [3.8, 4) is 0 Å². The Kier molecular flexibility index (Phi) is 3.33. The number of halogens is 1. The number of para-hydroxylation sites is 1. The van der Waals surface area contributed by atoms with E-state index in [2.05, 4.69) is 16.4 Å². The number of benzene rings is 2. The number of hydrogen-bond donors (Lipinski definition) is 1. The van der Waals surface area contributed by atoms with Crippen LogP contribution in [0, 0.1) is 12.7 Å². The minimum absolute atomic E-state index is 0.181. The molecule has 0 saturated heterocycles. The molecule has 0 aliphatic heterocycles. The Bertz CT molecular complexity index is 753. The molecule has 1 N–H and O–H groups in total. The summed E-state index contributed by atoms with van der Waals surface area (Å²) in [7, 11) is 0. The van der Waals surface area contributed by atoms with Gasteiger partial charge in [0, 0.05) is 11.1 Å². The summed E-state index contributed by atoms with van der Waals surface area (Å²) >= 11 is 0. The number of hydrogen-bond acceptors (Lipinski definition) is 2. The zero-order valence-electron chi connectivity index (χ0n) is 11.2. The van der Waals surface area contributed by atoms with Gasteiger partial charge in [0.2, 0.25) is 0 Å². The highest BCUT2D eigenvalue weighted by atomic mass is 19.1. The molecule has 3 aromatic rings. The largest absolute Gasteiger partial charge is 0.379 e. The molecule has 100 valence electrons. The Morgan fingerprint density at radius 2 is 1.90 bits per heavy atom. The van der Waals surface area contributed by atoms with Gasteiger partial charge in [0.1, 0.15) is 5.82 Å². The van der Waals surface area contributed by atoms with Gasteiger partial charge >= 0.3 is 0 Å². The first-order valence-corrected chi connectivity index (χ1v) is 6.57. The molecule has 2 aromatic carbocycles. The van der Waals surface area contributed by atoms with E-state index in [-0.39, 0.29) is 5.82 Å². The van der Waals surface area contributed by atoms with Crippen LogP contribution in [0.3, 0.4) is 0 Å². The van der Waals surface area contributed by atoms with Gasteiger partial charge in [0.15, 0.2) is 0 Å². The molecule has 2 nitrogen and oxygen atoms in total. The fraction of sp³-hybridized carbons (Fsp3) is 0.118. The molecule has 0 atom stereocenters. The van der Waals surface area contributed by atoms with Crippen molar-refractivity contribution in [3.05, 3.63) is 71.7 Å². The van der Waals surface area contributed by atoms with Crippen molar-refractivity contribution in [1.82, 2.24) is 4.98 Å². The summed E-state index contributed by atoms with van der Waals surface area (Å²) < 4.78 is 13.2. The van der Waals surface area contributed by atoms with Crippen LogP contribution < -0.4 is 5.32 Å². The van der Waals surface area contributed by atoms with Crippen molar-refractivity contribution in [2.45, 2.75) is 13.5 Å². The summed E-state index contributed by atoms with van der Waals surface area (Å²) in [5.74, 6) is -0.181. The van der Waals surface area contributed by atoms with Crippen LogP contribution in [0.5, 0.6) is 0 Å². The number of pyridine rings is 1. The van der Waals surface area contributed by atoms with Gasteiger partial charge < -0.3 is 5.32 Å². The Hall–Kier alpha value is -2.42. The van der Waals surface area contributed by atoms with Crippen molar-refractivity contribution in [3.63, 3.8) is 0 Å². The molecular formula is C17H15FN2. The van der Waals surface area contributed by atoms with E-state index in [0.717, 1.165) is 22.3 Å². The van der Waals surface area contributed by atoms with Crippen LogP contribution in [0.1, 0.15) is 11.3 Å². The van der Waals surface area contributed by atoms with Crippen molar-refractivity contribution in [1.29, 1.82) is 0 Å². The second-order valence-corrected chi connectivity index (χ2v) is 4.81. The second kappa shape index (κ2) is 5.29. The molecule has 0 unspecified atom stereocenters. The Morgan fingerprint density at radius 1 is 1.05 bits per heavy atom. The molecular weight excluding hydrogens is 251 g/mol. The van der Waals surface area contributed by atoms with E-state index in [9.17, 15) is 4.39 Å². The lowest BCUT2D eigenvalue weighted by molar-refractivity contribution is 0.618. The van der Waals surface area contributed by atoms with Crippen molar-refractivity contribution in [2.75, 3.05) is 5.32 Å². The third-order valence-corrected chi connectivity index (χ3v) is 3.29. The quantitative estimate of drug-likeness (QED) is 0.764. The Labute approximate surface area is 117 Å². The molecule has 0 fully saturated rings. The maximum Gasteiger partial charge on any atom is 0.126 e. The molecule has 3 heteroatoms. The first-order chi connectivity index (χ1) is 9.72. The van der Waals surface area contributed by atoms with Gasteiger partial charge in [-0.05, 0) is 42.8 Å². The van der Waals surface area contributed by atoms with Crippen LogP contribution in [0.2, 0.25) is 0 Å². The highest BCUT2D eigenvalue weighted by molar-refractivity contribution is 5.78. The molecule has 1 heterocycles. The number of aromatic nitrogens is 1. The molecule has 0 saturated carbocycles. The van der Waals surface area contributed by atoms with Crippen LogP contribution in [-0.2, 0) is 6.54 Å². The highest BCUT2D eigenvalue weighted by Crippen LogP contribution is 2.16. The van der Waals surface area contributed by atoms with Gasteiger partial charge in [-0.3, -0.25) is 4.98 Å². The first kappa shape index (κ1) is 12.6. The smallest absolute Gasteiger partial charge is 0.126 e. The predicted molar refractivity (Wildman–Crippen MR) is 80.2 cm³/mol. The molecule has 0 bridgehead atoms. The predicted octanol–water partition coefficient (Wildman–Crippen LogP) is 4.29. The lowest BCUT2D eigenvalue weighted by Gasteiger charge is -2.08. The molecule has 0 radical (unpaired) electrons.